The Balaban J connectivity index is 1.61. The first-order valence-electron chi connectivity index (χ1n) is 9.26. The molecule has 7 heteroatoms. The van der Waals surface area contributed by atoms with Crippen LogP contribution in [0.3, 0.4) is 0 Å². The van der Waals surface area contributed by atoms with Gasteiger partial charge in [-0.1, -0.05) is 6.92 Å². The van der Waals surface area contributed by atoms with E-state index < -0.39 is 11.7 Å². The van der Waals surface area contributed by atoms with Crippen LogP contribution < -0.4 is 4.74 Å². The van der Waals surface area contributed by atoms with Crippen molar-refractivity contribution in [3.8, 4) is 5.75 Å². The van der Waals surface area contributed by atoms with E-state index in [-0.39, 0.29) is 6.10 Å². The zero-order valence-corrected chi connectivity index (χ0v) is 16.2. The second-order valence-corrected chi connectivity index (χ2v) is 7.53. The molecule has 0 N–H and O–H groups in total. The predicted octanol–water partition coefficient (Wildman–Crippen LogP) is 4.91. The van der Waals surface area contributed by atoms with E-state index in [1.165, 1.54) is 12.1 Å². The lowest BCUT2D eigenvalue weighted by Gasteiger charge is -2.34. The summed E-state index contributed by atoms with van der Waals surface area (Å²) < 4.78 is 44.3. The largest absolute Gasteiger partial charge is 0.486 e. The fourth-order valence-corrected chi connectivity index (χ4v) is 3.97. The second-order valence-electron chi connectivity index (χ2n) is 6.75. The van der Waals surface area contributed by atoms with Gasteiger partial charge in [-0.05, 0) is 47.6 Å². The molecule has 27 heavy (non-hydrogen) atoms. The summed E-state index contributed by atoms with van der Waals surface area (Å²) in [5, 5.41) is 4.04. The van der Waals surface area contributed by atoms with Crippen LogP contribution in [-0.2, 0) is 6.18 Å². The summed E-state index contributed by atoms with van der Waals surface area (Å²) in [5.74, 6) is 0.468. The maximum atomic E-state index is 12.7. The van der Waals surface area contributed by atoms with Crippen LogP contribution in [0, 0.1) is 0 Å². The fourth-order valence-electron chi connectivity index (χ4n) is 3.27. The van der Waals surface area contributed by atoms with E-state index in [4.69, 9.17) is 4.74 Å². The standard InChI is InChI=1S/C20H25F3N2OS/c1-2-24-10-12-25(13-11-24)9-7-19(16-8-14-27-15-16)26-18-5-3-17(4-6-18)20(21,22)23/h3-6,8,14-15,19H,2,7,9-13H2,1H3. The number of hydrogen-bond acceptors (Lipinski definition) is 4. The molecule has 1 aromatic carbocycles. The number of likely N-dealkylation sites (N-methyl/N-ethyl adjacent to an activating group) is 1. The molecule has 2 heterocycles. The molecule has 1 atom stereocenters. The molecule has 2 aromatic rings. The number of hydrogen-bond donors (Lipinski definition) is 0. The van der Waals surface area contributed by atoms with Gasteiger partial charge in [-0.2, -0.15) is 24.5 Å². The summed E-state index contributed by atoms with van der Waals surface area (Å²) in [6, 6.07) is 6.98. The average molecular weight is 398 g/mol. The molecule has 0 aliphatic carbocycles. The number of piperazine rings is 1. The Morgan fingerprint density at radius 3 is 2.26 bits per heavy atom. The summed E-state index contributed by atoms with van der Waals surface area (Å²) in [7, 11) is 0. The maximum Gasteiger partial charge on any atom is 0.416 e. The van der Waals surface area contributed by atoms with Gasteiger partial charge in [0, 0.05) is 44.7 Å². The molecule has 0 bridgehead atoms. The van der Waals surface area contributed by atoms with Gasteiger partial charge in [0.05, 0.1) is 5.56 Å². The Morgan fingerprint density at radius 2 is 1.70 bits per heavy atom. The van der Waals surface area contributed by atoms with E-state index in [0.29, 0.717) is 5.75 Å². The number of alkyl halides is 3. The van der Waals surface area contributed by atoms with Crippen LogP contribution in [0.15, 0.2) is 41.1 Å². The molecule has 0 saturated carbocycles. The van der Waals surface area contributed by atoms with Crippen molar-refractivity contribution in [2.24, 2.45) is 0 Å². The van der Waals surface area contributed by atoms with Crippen LogP contribution in [0.2, 0.25) is 0 Å². The van der Waals surface area contributed by atoms with Crippen molar-refractivity contribution in [3.05, 3.63) is 52.2 Å². The number of nitrogens with zero attached hydrogens (tertiary/aromatic N) is 2. The number of ether oxygens (including phenoxy) is 1. The zero-order valence-electron chi connectivity index (χ0n) is 15.4. The van der Waals surface area contributed by atoms with Crippen LogP contribution in [-0.4, -0.2) is 49.1 Å². The topological polar surface area (TPSA) is 15.7 Å². The van der Waals surface area contributed by atoms with E-state index in [9.17, 15) is 13.2 Å². The van der Waals surface area contributed by atoms with Gasteiger partial charge in [0.1, 0.15) is 11.9 Å². The molecule has 1 unspecified atom stereocenters. The van der Waals surface area contributed by atoms with Crippen LogP contribution in [0.25, 0.3) is 0 Å². The van der Waals surface area contributed by atoms with Crippen LogP contribution in [0.4, 0.5) is 13.2 Å². The minimum Gasteiger partial charge on any atom is -0.486 e. The number of rotatable bonds is 7. The molecule has 1 saturated heterocycles. The van der Waals surface area contributed by atoms with Crippen molar-refractivity contribution in [1.82, 2.24) is 9.80 Å². The highest BCUT2D eigenvalue weighted by Gasteiger charge is 2.30. The summed E-state index contributed by atoms with van der Waals surface area (Å²) in [4.78, 5) is 4.87. The molecule has 1 fully saturated rings. The first-order valence-corrected chi connectivity index (χ1v) is 10.2. The average Bonchev–Trinajstić information content (AvgIpc) is 3.20. The summed E-state index contributed by atoms with van der Waals surface area (Å²) in [5.41, 5.74) is 0.419. The minimum absolute atomic E-state index is 0.155. The molecular weight excluding hydrogens is 373 g/mol. The molecule has 0 amide bonds. The summed E-state index contributed by atoms with van der Waals surface area (Å²) >= 11 is 1.60. The van der Waals surface area contributed by atoms with Crippen molar-refractivity contribution >= 4 is 11.3 Å². The third-order valence-electron chi connectivity index (χ3n) is 4.99. The summed E-state index contributed by atoms with van der Waals surface area (Å²) in [6.07, 6.45) is -3.67. The third-order valence-corrected chi connectivity index (χ3v) is 5.70. The molecular formula is C20H25F3N2OS. The van der Waals surface area contributed by atoms with Crippen molar-refractivity contribution in [2.45, 2.75) is 25.6 Å². The Kier molecular flexibility index (Phi) is 6.78. The zero-order chi connectivity index (χ0) is 19.3. The third kappa shape index (κ3) is 5.70. The molecule has 1 aliphatic rings. The molecule has 1 aliphatic heterocycles. The van der Waals surface area contributed by atoms with Crippen LogP contribution in [0.5, 0.6) is 5.75 Å². The number of halogens is 3. The molecule has 0 radical (unpaired) electrons. The quantitative estimate of drug-likeness (QED) is 0.659. The Hall–Kier alpha value is -1.57. The smallest absolute Gasteiger partial charge is 0.416 e. The van der Waals surface area contributed by atoms with Gasteiger partial charge in [-0.25, -0.2) is 0 Å². The molecule has 148 valence electrons. The molecule has 3 rings (SSSR count). The SMILES string of the molecule is CCN1CCN(CCC(Oc2ccc(C(F)(F)F)cc2)c2ccsc2)CC1. The first-order chi connectivity index (χ1) is 13.0. The number of benzene rings is 1. The van der Waals surface area contributed by atoms with Crippen LogP contribution in [0.1, 0.15) is 30.6 Å². The van der Waals surface area contributed by atoms with Crippen molar-refractivity contribution < 1.29 is 17.9 Å². The molecule has 3 nitrogen and oxygen atoms in total. The first kappa shape index (κ1) is 20.2. The van der Waals surface area contributed by atoms with E-state index in [0.717, 1.165) is 63.4 Å². The van der Waals surface area contributed by atoms with E-state index in [1.54, 1.807) is 11.3 Å². The highest BCUT2D eigenvalue weighted by Crippen LogP contribution is 2.32. The van der Waals surface area contributed by atoms with Gasteiger partial charge in [0.25, 0.3) is 0 Å². The highest BCUT2D eigenvalue weighted by molar-refractivity contribution is 7.07. The highest BCUT2D eigenvalue weighted by atomic mass is 32.1. The van der Waals surface area contributed by atoms with Gasteiger partial charge in [-0.15, -0.1) is 0 Å². The Labute approximate surface area is 162 Å². The van der Waals surface area contributed by atoms with Gasteiger partial charge in [0.2, 0.25) is 0 Å². The van der Waals surface area contributed by atoms with Gasteiger partial charge in [-0.3, -0.25) is 0 Å². The van der Waals surface area contributed by atoms with Crippen molar-refractivity contribution in [1.29, 1.82) is 0 Å². The monoisotopic (exact) mass is 398 g/mol. The predicted molar refractivity (Wildman–Crippen MR) is 102 cm³/mol. The lowest BCUT2D eigenvalue weighted by atomic mass is 10.1. The lowest BCUT2D eigenvalue weighted by molar-refractivity contribution is -0.137. The van der Waals surface area contributed by atoms with E-state index in [1.807, 2.05) is 16.8 Å². The Bertz CT molecular complexity index is 680. The van der Waals surface area contributed by atoms with E-state index >= 15 is 0 Å². The summed E-state index contributed by atoms with van der Waals surface area (Å²) in [6.45, 7) is 8.44. The van der Waals surface area contributed by atoms with E-state index in [2.05, 4.69) is 16.7 Å². The van der Waals surface area contributed by atoms with Crippen molar-refractivity contribution in [2.75, 3.05) is 39.3 Å². The second kappa shape index (κ2) is 9.08. The van der Waals surface area contributed by atoms with Gasteiger partial charge >= 0.3 is 6.18 Å². The van der Waals surface area contributed by atoms with Crippen LogP contribution >= 0.6 is 11.3 Å². The molecule has 1 aromatic heterocycles. The Morgan fingerprint density at radius 1 is 1.04 bits per heavy atom. The lowest BCUT2D eigenvalue weighted by Crippen LogP contribution is -2.46. The minimum atomic E-state index is -4.33. The fraction of sp³-hybridized carbons (Fsp3) is 0.500. The normalized spacial score (nSPS) is 17.8. The maximum absolute atomic E-state index is 12.7. The van der Waals surface area contributed by atoms with Gasteiger partial charge < -0.3 is 14.5 Å². The van der Waals surface area contributed by atoms with Gasteiger partial charge in [0.15, 0.2) is 0 Å². The molecule has 0 spiro atoms. The van der Waals surface area contributed by atoms with Crippen molar-refractivity contribution in [3.63, 3.8) is 0 Å². The number of thiophene rings is 1.